The van der Waals surface area contributed by atoms with Crippen molar-refractivity contribution in [2.75, 3.05) is 33.7 Å². The van der Waals surface area contributed by atoms with E-state index in [1.807, 2.05) is 0 Å². The summed E-state index contributed by atoms with van der Waals surface area (Å²) in [6.07, 6.45) is -2.24. The maximum absolute atomic E-state index is 13.0. The summed E-state index contributed by atoms with van der Waals surface area (Å²) >= 11 is 0. The minimum Gasteiger partial charge on any atom is -0.453 e. The lowest BCUT2D eigenvalue weighted by Gasteiger charge is -2.25. The molecular weight excluding hydrogens is 475 g/mol. The maximum Gasteiger partial charge on any atom is 0.338 e. The number of H-pyrrole nitrogens is 1. The molecule has 1 aliphatic heterocycles. The molecule has 0 unspecified atom stereocenters. The molecule has 0 amide bonds. The van der Waals surface area contributed by atoms with Crippen molar-refractivity contribution < 1.29 is 28.3 Å². The molecular formula is C24H31N2O8P. The van der Waals surface area contributed by atoms with Crippen molar-refractivity contribution >= 4 is 13.1 Å². The van der Waals surface area contributed by atoms with Crippen molar-refractivity contribution in [3.63, 3.8) is 0 Å². The van der Waals surface area contributed by atoms with Crippen LogP contribution in [0.25, 0.3) is 0 Å². The smallest absolute Gasteiger partial charge is 0.338 e. The molecule has 3 rings (SSSR count). The lowest BCUT2D eigenvalue weighted by molar-refractivity contribution is -0.0819. The molecule has 1 N–H and O–H groups in total. The fourth-order valence-electron chi connectivity index (χ4n) is 3.68. The summed E-state index contributed by atoms with van der Waals surface area (Å²) in [5, 5.41) is 0.449. The van der Waals surface area contributed by atoms with Crippen molar-refractivity contribution in [2.45, 2.75) is 37.9 Å². The van der Waals surface area contributed by atoms with Crippen LogP contribution >= 0.6 is 7.14 Å². The van der Waals surface area contributed by atoms with Crippen LogP contribution < -0.4 is 11.2 Å². The largest absolute Gasteiger partial charge is 0.453 e. The molecule has 0 aliphatic carbocycles. The Balaban J connectivity index is 2.03. The van der Waals surface area contributed by atoms with E-state index in [1.54, 1.807) is 50.6 Å². The van der Waals surface area contributed by atoms with Crippen molar-refractivity contribution in [1.82, 2.24) is 9.55 Å². The van der Waals surface area contributed by atoms with Crippen LogP contribution in [0.5, 0.6) is 0 Å². The first-order chi connectivity index (χ1) is 16.5. The second-order valence-electron chi connectivity index (χ2n) is 8.73. The zero-order valence-corrected chi connectivity index (χ0v) is 21.2. The van der Waals surface area contributed by atoms with Gasteiger partial charge in [-0.2, -0.15) is 0 Å². The highest BCUT2D eigenvalue weighted by Gasteiger charge is 2.49. The molecule has 0 bridgehead atoms. The normalized spacial score (nSPS) is 22.2. The van der Waals surface area contributed by atoms with E-state index in [1.165, 1.54) is 17.9 Å². The van der Waals surface area contributed by atoms with Crippen LogP contribution in [0.15, 0.2) is 58.0 Å². The van der Waals surface area contributed by atoms with Gasteiger partial charge in [-0.05, 0) is 37.7 Å². The van der Waals surface area contributed by atoms with Gasteiger partial charge in [-0.25, -0.2) is 9.59 Å². The van der Waals surface area contributed by atoms with Crippen LogP contribution in [0, 0.1) is 6.92 Å². The van der Waals surface area contributed by atoms with E-state index >= 15 is 0 Å². The van der Waals surface area contributed by atoms with Crippen LogP contribution in [-0.4, -0.2) is 67.5 Å². The standard InChI is InChI=1S/C24H31N2O8P/c1-15-14-26(24(29)25-21(15)27)22-20(32-12-11-31-3)19(18(33-22)13-16(2)35(4,5)30)34-23(28)17-9-7-6-8-10-17/h6-10,14,18-20,22H,2,11-13H2,1,3-5H3,(H,25,27,29)/t18-,19-,20-,22-/m1/s1. The first-order valence-electron chi connectivity index (χ1n) is 11.1. The van der Waals surface area contributed by atoms with E-state index in [9.17, 15) is 18.9 Å². The molecule has 11 heteroatoms. The second-order valence-corrected chi connectivity index (χ2v) is 12.1. The molecule has 2 aromatic rings. The Bertz CT molecular complexity index is 1220. The second kappa shape index (κ2) is 11.3. The number of aryl methyl sites for hydroxylation is 1. The van der Waals surface area contributed by atoms with Gasteiger partial charge in [0.25, 0.3) is 5.56 Å². The number of nitrogens with zero attached hydrogens (tertiary/aromatic N) is 1. The Labute approximate surface area is 203 Å². The van der Waals surface area contributed by atoms with E-state index in [0.29, 0.717) is 16.4 Å². The topological polar surface area (TPSA) is 126 Å². The van der Waals surface area contributed by atoms with Gasteiger partial charge in [-0.15, -0.1) is 0 Å². The number of hydrogen-bond donors (Lipinski definition) is 1. The zero-order valence-electron chi connectivity index (χ0n) is 20.3. The van der Waals surface area contributed by atoms with E-state index in [4.69, 9.17) is 18.9 Å². The van der Waals surface area contributed by atoms with E-state index in [-0.39, 0.29) is 19.6 Å². The predicted octanol–water partition coefficient (Wildman–Crippen LogP) is 2.53. The van der Waals surface area contributed by atoms with Gasteiger partial charge in [-0.3, -0.25) is 14.3 Å². The summed E-state index contributed by atoms with van der Waals surface area (Å²) in [6.45, 7) is 9.06. The lowest BCUT2D eigenvalue weighted by Crippen LogP contribution is -2.42. The fourth-order valence-corrected chi connectivity index (χ4v) is 4.30. The van der Waals surface area contributed by atoms with Crippen LogP contribution in [-0.2, 0) is 23.5 Å². The summed E-state index contributed by atoms with van der Waals surface area (Å²) in [4.78, 5) is 39.8. The molecule has 0 radical (unpaired) electrons. The molecule has 190 valence electrons. The van der Waals surface area contributed by atoms with Gasteiger partial charge in [-0.1, -0.05) is 24.8 Å². The molecule has 35 heavy (non-hydrogen) atoms. The van der Waals surface area contributed by atoms with Gasteiger partial charge in [0.05, 0.1) is 18.8 Å². The first-order valence-corrected chi connectivity index (χ1v) is 13.7. The molecule has 1 aromatic heterocycles. The number of aromatic nitrogens is 2. The maximum atomic E-state index is 13.0. The Kier molecular flexibility index (Phi) is 8.66. The van der Waals surface area contributed by atoms with Gasteiger partial charge in [0.2, 0.25) is 0 Å². The molecule has 0 spiro atoms. The van der Waals surface area contributed by atoms with Gasteiger partial charge in [0.1, 0.15) is 19.3 Å². The highest BCUT2D eigenvalue weighted by atomic mass is 31.2. The number of benzene rings is 1. The highest BCUT2D eigenvalue weighted by Crippen LogP contribution is 2.49. The summed E-state index contributed by atoms with van der Waals surface area (Å²) in [6, 6.07) is 8.44. The third-order valence-electron chi connectivity index (χ3n) is 5.75. The predicted molar refractivity (Wildman–Crippen MR) is 130 cm³/mol. The Morgan fingerprint density at radius 2 is 1.86 bits per heavy atom. The Morgan fingerprint density at radius 3 is 2.49 bits per heavy atom. The number of methoxy groups -OCH3 is 1. The molecule has 2 heterocycles. The third-order valence-corrected chi connectivity index (χ3v) is 7.46. The monoisotopic (exact) mass is 506 g/mol. The van der Waals surface area contributed by atoms with E-state index in [0.717, 1.165) is 0 Å². The Hall–Kier alpha value is -2.78. The molecule has 1 saturated heterocycles. The van der Waals surface area contributed by atoms with Gasteiger partial charge < -0.3 is 23.5 Å². The zero-order chi connectivity index (χ0) is 25.8. The van der Waals surface area contributed by atoms with Crippen molar-refractivity contribution in [3.05, 3.63) is 80.4 Å². The molecule has 4 atom stereocenters. The number of esters is 1. The summed E-state index contributed by atoms with van der Waals surface area (Å²) in [5.41, 5.74) is -0.592. The van der Waals surface area contributed by atoms with Crippen molar-refractivity contribution in [2.24, 2.45) is 0 Å². The van der Waals surface area contributed by atoms with Crippen molar-refractivity contribution in [1.29, 1.82) is 0 Å². The van der Waals surface area contributed by atoms with Crippen molar-refractivity contribution in [3.8, 4) is 0 Å². The highest BCUT2D eigenvalue weighted by molar-refractivity contribution is 7.66. The van der Waals surface area contributed by atoms with Crippen LogP contribution in [0.4, 0.5) is 0 Å². The van der Waals surface area contributed by atoms with Gasteiger partial charge in [0.15, 0.2) is 12.3 Å². The Morgan fingerprint density at radius 1 is 1.17 bits per heavy atom. The first kappa shape index (κ1) is 26.8. The quantitative estimate of drug-likeness (QED) is 0.296. The number of aromatic amines is 1. The van der Waals surface area contributed by atoms with Gasteiger partial charge in [0, 0.05) is 25.3 Å². The number of hydrogen-bond acceptors (Lipinski definition) is 8. The number of ether oxygens (including phenoxy) is 4. The minimum atomic E-state index is -2.68. The molecule has 10 nitrogen and oxygen atoms in total. The van der Waals surface area contributed by atoms with Gasteiger partial charge >= 0.3 is 11.7 Å². The molecule has 1 aromatic carbocycles. The average molecular weight is 506 g/mol. The number of carbonyl (C=O) groups excluding carboxylic acids is 1. The van der Waals surface area contributed by atoms with Crippen LogP contribution in [0.3, 0.4) is 0 Å². The third kappa shape index (κ3) is 6.46. The average Bonchev–Trinajstić information content (AvgIpc) is 3.13. The number of rotatable bonds is 10. The summed E-state index contributed by atoms with van der Waals surface area (Å²) in [5.74, 6) is -0.600. The number of nitrogens with one attached hydrogen (secondary N) is 1. The summed E-state index contributed by atoms with van der Waals surface area (Å²) in [7, 11) is -1.17. The SMILES string of the molecule is C=C(C[C@H]1O[C@@H](n2cc(C)c(=O)[nH]c2=O)[C@H](OCCOC)[C@@H]1OC(=O)c1ccccc1)P(C)(C)=O. The lowest BCUT2D eigenvalue weighted by atomic mass is 10.1. The summed E-state index contributed by atoms with van der Waals surface area (Å²) < 4.78 is 37.0. The number of carbonyl (C=O) groups is 1. The van der Waals surface area contributed by atoms with Crippen LogP contribution in [0.2, 0.25) is 0 Å². The fraction of sp³-hybridized carbons (Fsp3) is 0.458. The van der Waals surface area contributed by atoms with E-state index in [2.05, 4.69) is 11.6 Å². The minimum absolute atomic E-state index is 0.120. The molecule has 1 fully saturated rings. The molecule has 1 aliphatic rings. The molecule has 0 saturated carbocycles. The van der Waals surface area contributed by atoms with E-state index < -0.39 is 48.9 Å². The van der Waals surface area contributed by atoms with Crippen LogP contribution in [0.1, 0.15) is 28.6 Å².